The third-order valence-corrected chi connectivity index (χ3v) is 3.79. The highest BCUT2D eigenvalue weighted by Crippen LogP contribution is 2.38. The molecule has 1 N–H and O–H groups in total. The first kappa shape index (κ1) is 11.2. The zero-order valence-corrected chi connectivity index (χ0v) is 10.9. The van der Waals surface area contributed by atoms with Gasteiger partial charge in [-0.1, -0.05) is 5.16 Å². The van der Waals surface area contributed by atoms with Gasteiger partial charge in [0.15, 0.2) is 5.82 Å². The Morgan fingerprint density at radius 2 is 2.21 bits per heavy atom. The molecule has 0 saturated heterocycles. The fourth-order valence-electron chi connectivity index (χ4n) is 2.28. The molecule has 2 saturated carbocycles. The number of nitrogens with one attached hydrogen (secondary N) is 1. The molecule has 2 aliphatic carbocycles. The molecular weight excluding hydrogens is 240 g/mol. The van der Waals surface area contributed by atoms with Crippen LogP contribution in [0.5, 0.6) is 0 Å². The van der Waals surface area contributed by atoms with Gasteiger partial charge in [-0.15, -0.1) is 0 Å². The lowest BCUT2D eigenvalue weighted by Gasteiger charge is -2.07. The van der Waals surface area contributed by atoms with Crippen LogP contribution < -0.4 is 5.32 Å². The quantitative estimate of drug-likeness (QED) is 0.861. The lowest BCUT2D eigenvalue weighted by atomic mass is 10.4. The Morgan fingerprint density at radius 1 is 1.32 bits per heavy atom. The van der Waals surface area contributed by atoms with Gasteiger partial charge < -0.3 is 14.4 Å². The van der Waals surface area contributed by atoms with Crippen molar-refractivity contribution >= 4 is 0 Å². The van der Waals surface area contributed by atoms with Gasteiger partial charge in [-0.2, -0.15) is 4.98 Å². The molecule has 0 amide bonds. The van der Waals surface area contributed by atoms with E-state index in [0.29, 0.717) is 12.5 Å². The van der Waals surface area contributed by atoms with Crippen LogP contribution in [-0.2, 0) is 13.1 Å². The van der Waals surface area contributed by atoms with Gasteiger partial charge in [0, 0.05) is 30.4 Å². The van der Waals surface area contributed by atoms with E-state index < -0.39 is 0 Å². The van der Waals surface area contributed by atoms with Crippen molar-refractivity contribution in [3.05, 3.63) is 35.7 Å². The highest BCUT2D eigenvalue weighted by molar-refractivity contribution is 5.10. The minimum Gasteiger partial charge on any atom is -0.342 e. The number of rotatable bonds is 6. The number of hydrogen-bond acceptors (Lipinski definition) is 4. The topological polar surface area (TPSA) is 55.9 Å². The van der Waals surface area contributed by atoms with Gasteiger partial charge in [0.1, 0.15) is 0 Å². The van der Waals surface area contributed by atoms with Crippen molar-refractivity contribution in [2.24, 2.45) is 0 Å². The molecule has 0 radical (unpaired) electrons. The molecule has 0 aliphatic heterocycles. The van der Waals surface area contributed by atoms with E-state index in [1.54, 1.807) is 0 Å². The monoisotopic (exact) mass is 258 g/mol. The zero-order chi connectivity index (χ0) is 12.7. The van der Waals surface area contributed by atoms with Crippen molar-refractivity contribution < 1.29 is 4.52 Å². The van der Waals surface area contributed by atoms with Crippen LogP contribution in [0, 0.1) is 0 Å². The van der Waals surface area contributed by atoms with Crippen molar-refractivity contribution in [2.75, 3.05) is 0 Å². The molecule has 4 rings (SSSR count). The first-order chi connectivity index (χ1) is 9.38. The number of hydrogen-bond donors (Lipinski definition) is 1. The molecule has 5 nitrogen and oxygen atoms in total. The van der Waals surface area contributed by atoms with Crippen LogP contribution in [0.3, 0.4) is 0 Å². The Balaban J connectivity index is 1.43. The summed E-state index contributed by atoms with van der Waals surface area (Å²) in [4.78, 5) is 4.48. The fraction of sp³-hybridized carbons (Fsp3) is 0.571. The average Bonchev–Trinajstić information content (AvgIpc) is 3.34. The SMILES string of the molecule is c1cc(CNC2CC2)n(Cc2noc(C3CC3)n2)c1. The predicted molar refractivity (Wildman–Crippen MR) is 69.7 cm³/mol. The predicted octanol–water partition coefficient (Wildman–Crippen LogP) is 2.05. The molecule has 2 aromatic rings. The van der Waals surface area contributed by atoms with E-state index in [4.69, 9.17) is 4.52 Å². The smallest absolute Gasteiger partial charge is 0.229 e. The van der Waals surface area contributed by atoms with Gasteiger partial charge in [-0.05, 0) is 37.8 Å². The maximum Gasteiger partial charge on any atom is 0.229 e. The van der Waals surface area contributed by atoms with Gasteiger partial charge >= 0.3 is 0 Å². The van der Waals surface area contributed by atoms with Crippen molar-refractivity contribution in [1.29, 1.82) is 0 Å². The molecular formula is C14H18N4O. The summed E-state index contributed by atoms with van der Waals surface area (Å²) in [5.74, 6) is 2.13. The summed E-state index contributed by atoms with van der Waals surface area (Å²) in [6.45, 7) is 1.62. The van der Waals surface area contributed by atoms with E-state index in [9.17, 15) is 0 Å². The van der Waals surface area contributed by atoms with Crippen LogP contribution in [0.25, 0.3) is 0 Å². The number of aromatic nitrogens is 3. The number of nitrogens with zero attached hydrogens (tertiary/aromatic N) is 3. The second-order valence-corrected chi connectivity index (χ2v) is 5.61. The van der Waals surface area contributed by atoms with E-state index in [-0.39, 0.29) is 0 Å². The standard InChI is InChI=1S/C14H18N4O/c1-2-12(8-15-11-5-6-11)18(7-1)9-13-16-14(19-17-13)10-3-4-10/h1-2,7,10-11,15H,3-6,8-9H2. The Morgan fingerprint density at radius 3 is 3.00 bits per heavy atom. The van der Waals surface area contributed by atoms with E-state index >= 15 is 0 Å². The van der Waals surface area contributed by atoms with Crippen LogP contribution in [0.15, 0.2) is 22.9 Å². The molecule has 100 valence electrons. The summed E-state index contributed by atoms with van der Waals surface area (Å²) in [5.41, 5.74) is 1.28. The van der Waals surface area contributed by atoms with Crippen molar-refractivity contribution in [2.45, 2.75) is 50.7 Å². The zero-order valence-electron chi connectivity index (χ0n) is 10.9. The third kappa shape index (κ3) is 2.56. The van der Waals surface area contributed by atoms with Crippen molar-refractivity contribution in [3.8, 4) is 0 Å². The molecule has 0 atom stereocenters. The minimum atomic E-state index is 0.530. The molecule has 2 heterocycles. The molecule has 0 aromatic carbocycles. The second-order valence-electron chi connectivity index (χ2n) is 5.61. The summed E-state index contributed by atoms with van der Waals surface area (Å²) in [7, 11) is 0. The lowest BCUT2D eigenvalue weighted by Crippen LogP contribution is -2.18. The minimum absolute atomic E-state index is 0.530. The molecule has 0 bridgehead atoms. The molecule has 2 aromatic heterocycles. The molecule has 2 fully saturated rings. The molecule has 0 unspecified atom stereocenters. The van der Waals surface area contributed by atoms with Crippen LogP contribution >= 0.6 is 0 Å². The Labute approximate surface area is 112 Å². The van der Waals surface area contributed by atoms with Crippen LogP contribution in [0.4, 0.5) is 0 Å². The van der Waals surface area contributed by atoms with Crippen LogP contribution in [0.1, 0.15) is 49.0 Å². The second kappa shape index (κ2) is 4.49. The van der Waals surface area contributed by atoms with Gasteiger partial charge in [-0.25, -0.2) is 0 Å². The molecule has 2 aliphatic rings. The van der Waals surface area contributed by atoms with E-state index in [1.165, 1.54) is 31.4 Å². The summed E-state index contributed by atoms with van der Waals surface area (Å²) in [5, 5.41) is 7.61. The van der Waals surface area contributed by atoms with E-state index in [2.05, 4.69) is 38.4 Å². The highest BCUT2D eigenvalue weighted by Gasteiger charge is 2.29. The van der Waals surface area contributed by atoms with E-state index in [0.717, 1.165) is 24.3 Å². The molecule has 5 heteroatoms. The van der Waals surface area contributed by atoms with Crippen molar-refractivity contribution in [1.82, 2.24) is 20.0 Å². The Bertz CT molecular complexity index is 566. The largest absolute Gasteiger partial charge is 0.342 e. The summed E-state index contributed by atoms with van der Waals surface area (Å²) in [6, 6.07) is 4.96. The third-order valence-electron chi connectivity index (χ3n) is 3.79. The van der Waals surface area contributed by atoms with Gasteiger partial charge in [0.25, 0.3) is 0 Å². The normalized spacial score (nSPS) is 18.9. The summed E-state index contributed by atoms with van der Waals surface area (Å²) < 4.78 is 7.49. The fourth-order valence-corrected chi connectivity index (χ4v) is 2.28. The van der Waals surface area contributed by atoms with Gasteiger partial charge in [-0.3, -0.25) is 0 Å². The van der Waals surface area contributed by atoms with Crippen LogP contribution in [-0.4, -0.2) is 20.7 Å². The Hall–Kier alpha value is -1.62. The first-order valence-electron chi connectivity index (χ1n) is 7.08. The summed E-state index contributed by atoms with van der Waals surface area (Å²) >= 11 is 0. The molecule has 19 heavy (non-hydrogen) atoms. The maximum atomic E-state index is 5.30. The first-order valence-corrected chi connectivity index (χ1v) is 7.08. The van der Waals surface area contributed by atoms with Crippen LogP contribution in [0.2, 0.25) is 0 Å². The highest BCUT2D eigenvalue weighted by atomic mass is 16.5. The Kier molecular flexibility index (Phi) is 2.65. The van der Waals surface area contributed by atoms with E-state index in [1.807, 2.05) is 0 Å². The summed E-state index contributed by atoms with van der Waals surface area (Å²) in [6.07, 6.45) is 7.10. The maximum absolute atomic E-state index is 5.30. The average molecular weight is 258 g/mol. The van der Waals surface area contributed by atoms with Gasteiger partial charge in [0.05, 0.1) is 6.54 Å². The van der Waals surface area contributed by atoms with Crippen molar-refractivity contribution in [3.63, 3.8) is 0 Å². The lowest BCUT2D eigenvalue weighted by molar-refractivity contribution is 0.373. The molecule has 0 spiro atoms. The van der Waals surface area contributed by atoms with Gasteiger partial charge in [0.2, 0.25) is 5.89 Å².